The van der Waals surface area contributed by atoms with E-state index in [1.807, 2.05) is 0 Å². The summed E-state index contributed by atoms with van der Waals surface area (Å²) in [4.78, 5) is 33.6. The van der Waals surface area contributed by atoms with Crippen LogP contribution in [0, 0.1) is 0 Å². The smallest absolute Gasteiger partial charge is 0.472 e. The molecule has 3 unspecified atom stereocenters. The van der Waals surface area contributed by atoms with Gasteiger partial charge in [0, 0.05) is 13.0 Å². The molecule has 0 aliphatic rings. The number of carbonyl (C=O) groups excluding carboxylic acids is 1. The van der Waals surface area contributed by atoms with Gasteiger partial charge in [0.05, 0.1) is 19.8 Å². The highest BCUT2D eigenvalue weighted by atomic mass is 31.2. The minimum Gasteiger partial charge on any atom is -0.480 e. The lowest BCUT2D eigenvalue weighted by atomic mass is 10.1. The van der Waals surface area contributed by atoms with Crippen LogP contribution in [0.4, 0.5) is 0 Å². The van der Waals surface area contributed by atoms with E-state index < -0.39 is 45.1 Å². The number of ether oxygens (including phenoxy) is 2. The SMILES string of the molecule is CC/C=C\C/C=C\C/C=C\C/C=C\CCCCCCC(=O)OC(COCCCCCCCCCCCC/C=C\CCCCCCCCCC)COP(=O)(O)OCC(N)C(=O)O. The van der Waals surface area contributed by atoms with Gasteiger partial charge in [-0.25, -0.2) is 4.57 Å². The maximum Gasteiger partial charge on any atom is 0.472 e. The molecule has 0 amide bonds. The number of unbranched alkanes of at least 4 members (excludes halogenated alkanes) is 22. The van der Waals surface area contributed by atoms with E-state index in [1.54, 1.807) is 0 Å². The van der Waals surface area contributed by atoms with Crippen molar-refractivity contribution in [3.05, 3.63) is 60.8 Å². The molecular formula is C50H90NO9P. The van der Waals surface area contributed by atoms with Crippen molar-refractivity contribution in [2.45, 2.75) is 219 Å². The Hall–Kier alpha value is -2.33. The van der Waals surface area contributed by atoms with Gasteiger partial charge in [0.1, 0.15) is 12.1 Å². The van der Waals surface area contributed by atoms with Crippen molar-refractivity contribution in [1.82, 2.24) is 0 Å². The fourth-order valence-corrected chi connectivity index (χ4v) is 7.31. The molecular weight excluding hydrogens is 790 g/mol. The molecule has 11 heteroatoms. The fraction of sp³-hybridized carbons (Fsp3) is 0.760. The summed E-state index contributed by atoms with van der Waals surface area (Å²) >= 11 is 0. The number of carboxylic acid groups (broad SMARTS) is 1. The van der Waals surface area contributed by atoms with Gasteiger partial charge < -0.3 is 25.2 Å². The number of hydrogen-bond donors (Lipinski definition) is 3. The van der Waals surface area contributed by atoms with E-state index in [9.17, 15) is 19.0 Å². The summed E-state index contributed by atoms with van der Waals surface area (Å²) in [6.07, 6.45) is 55.6. The number of nitrogens with two attached hydrogens (primary N) is 1. The van der Waals surface area contributed by atoms with Gasteiger partial charge in [-0.1, -0.05) is 184 Å². The molecule has 0 fully saturated rings. The standard InChI is InChI=1S/C50H90NO9P/c1-3-5-7-9-11-13-15-17-19-21-22-23-24-25-27-29-31-33-35-37-39-41-43-57-44-47(45-58-61(55,56)59-46-48(51)50(53)54)60-49(52)42-40-38-36-34-32-30-28-26-20-18-16-14-12-10-8-6-4-2/h6,8,12,14,18,20-22,28,30,47-48H,3-5,7,9-11,13,15-17,19,23-27,29,31-46,51H2,1-2H3,(H,53,54)(H,55,56)/b8-6-,14-12-,20-18-,22-21-,30-28-. The van der Waals surface area contributed by atoms with Crippen molar-refractivity contribution >= 4 is 19.8 Å². The summed E-state index contributed by atoms with van der Waals surface area (Å²) in [6, 6.07) is -1.48. The Morgan fingerprint density at radius 1 is 0.541 bits per heavy atom. The van der Waals surface area contributed by atoms with E-state index in [1.165, 1.54) is 109 Å². The van der Waals surface area contributed by atoms with Crippen LogP contribution in [0.1, 0.15) is 206 Å². The van der Waals surface area contributed by atoms with Crippen LogP contribution in [-0.4, -0.2) is 60.5 Å². The summed E-state index contributed by atoms with van der Waals surface area (Å²) in [5.74, 6) is -1.80. The number of aliphatic carboxylic acids is 1. The van der Waals surface area contributed by atoms with Crippen LogP contribution in [0.5, 0.6) is 0 Å². The van der Waals surface area contributed by atoms with Gasteiger partial charge in [0.15, 0.2) is 0 Å². The zero-order chi connectivity index (χ0) is 44.8. The Labute approximate surface area is 372 Å². The number of rotatable bonds is 46. The lowest BCUT2D eigenvalue weighted by molar-refractivity contribution is -0.154. The molecule has 0 rings (SSSR count). The first-order valence-corrected chi connectivity index (χ1v) is 25.8. The molecule has 4 N–H and O–H groups in total. The zero-order valence-corrected chi connectivity index (χ0v) is 39.6. The van der Waals surface area contributed by atoms with Gasteiger partial charge in [0.2, 0.25) is 0 Å². The monoisotopic (exact) mass is 880 g/mol. The van der Waals surface area contributed by atoms with E-state index in [-0.39, 0.29) is 13.0 Å². The van der Waals surface area contributed by atoms with Crippen LogP contribution in [0.15, 0.2) is 60.8 Å². The summed E-state index contributed by atoms with van der Waals surface area (Å²) < 4.78 is 33.4. The third-order valence-corrected chi connectivity index (χ3v) is 11.2. The fourth-order valence-electron chi connectivity index (χ4n) is 6.53. The minimum atomic E-state index is -4.63. The molecule has 0 aromatic rings. The topological polar surface area (TPSA) is 155 Å². The van der Waals surface area contributed by atoms with Gasteiger partial charge in [-0.3, -0.25) is 18.6 Å². The molecule has 0 saturated heterocycles. The Kier molecular flexibility index (Phi) is 43.9. The number of carbonyl (C=O) groups is 2. The summed E-state index contributed by atoms with van der Waals surface area (Å²) in [7, 11) is -4.63. The van der Waals surface area contributed by atoms with Gasteiger partial charge in [-0.05, 0) is 77.0 Å². The van der Waals surface area contributed by atoms with Crippen LogP contribution in [-0.2, 0) is 32.7 Å². The highest BCUT2D eigenvalue weighted by molar-refractivity contribution is 7.47. The molecule has 0 aromatic heterocycles. The second kappa shape index (κ2) is 45.7. The Bertz CT molecular complexity index is 1200. The van der Waals surface area contributed by atoms with Crippen molar-refractivity contribution < 1.29 is 42.7 Å². The van der Waals surface area contributed by atoms with E-state index in [0.29, 0.717) is 13.0 Å². The molecule has 0 aromatic carbocycles. The maximum absolute atomic E-state index is 12.7. The predicted molar refractivity (Wildman–Crippen MR) is 254 cm³/mol. The molecule has 354 valence electrons. The number of allylic oxidation sites excluding steroid dienone is 10. The molecule has 3 atom stereocenters. The highest BCUT2D eigenvalue weighted by Crippen LogP contribution is 2.43. The van der Waals surface area contributed by atoms with Crippen LogP contribution >= 0.6 is 7.82 Å². The molecule has 0 saturated carbocycles. The molecule has 61 heavy (non-hydrogen) atoms. The van der Waals surface area contributed by atoms with Gasteiger partial charge in [0.25, 0.3) is 0 Å². The van der Waals surface area contributed by atoms with Crippen molar-refractivity contribution in [2.24, 2.45) is 5.73 Å². The molecule has 0 bridgehead atoms. The Morgan fingerprint density at radius 3 is 1.44 bits per heavy atom. The number of carboxylic acids is 1. The first-order chi connectivity index (χ1) is 29.7. The molecule has 0 heterocycles. The lowest BCUT2D eigenvalue weighted by Crippen LogP contribution is -2.34. The van der Waals surface area contributed by atoms with Crippen LogP contribution < -0.4 is 5.73 Å². The molecule has 10 nitrogen and oxygen atoms in total. The van der Waals surface area contributed by atoms with Crippen LogP contribution in [0.25, 0.3) is 0 Å². The van der Waals surface area contributed by atoms with Crippen molar-refractivity contribution in [3.8, 4) is 0 Å². The number of esters is 1. The van der Waals surface area contributed by atoms with Gasteiger partial charge in [-0.2, -0.15) is 0 Å². The zero-order valence-electron chi connectivity index (χ0n) is 38.7. The van der Waals surface area contributed by atoms with Crippen LogP contribution in [0.3, 0.4) is 0 Å². The average molecular weight is 880 g/mol. The Balaban J connectivity index is 4.19. The third-order valence-electron chi connectivity index (χ3n) is 10.3. The molecule has 0 aliphatic carbocycles. The maximum atomic E-state index is 12.7. The molecule has 0 aliphatic heterocycles. The van der Waals surface area contributed by atoms with Gasteiger partial charge >= 0.3 is 19.8 Å². The second-order valence-corrected chi connectivity index (χ2v) is 17.7. The Morgan fingerprint density at radius 2 is 0.951 bits per heavy atom. The first-order valence-electron chi connectivity index (χ1n) is 24.3. The van der Waals surface area contributed by atoms with Crippen molar-refractivity contribution in [2.75, 3.05) is 26.4 Å². The average Bonchev–Trinajstić information content (AvgIpc) is 3.24. The van der Waals surface area contributed by atoms with E-state index in [0.717, 1.165) is 70.6 Å². The highest BCUT2D eigenvalue weighted by Gasteiger charge is 2.27. The number of phosphoric ester groups is 1. The minimum absolute atomic E-state index is 0.00426. The predicted octanol–water partition coefficient (Wildman–Crippen LogP) is 14.0. The largest absolute Gasteiger partial charge is 0.480 e. The van der Waals surface area contributed by atoms with Crippen LogP contribution in [0.2, 0.25) is 0 Å². The lowest BCUT2D eigenvalue weighted by Gasteiger charge is -2.20. The molecule has 0 spiro atoms. The number of hydrogen-bond acceptors (Lipinski definition) is 8. The van der Waals surface area contributed by atoms with Crippen molar-refractivity contribution in [1.29, 1.82) is 0 Å². The summed E-state index contributed by atoms with van der Waals surface area (Å²) in [5.41, 5.74) is 5.37. The van der Waals surface area contributed by atoms with E-state index in [2.05, 4.69) is 74.6 Å². The summed E-state index contributed by atoms with van der Waals surface area (Å²) in [6.45, 7) is 3.75. The first kappa shape index (κ1) is 58.7. The van der Waals surface area contributed by atoms with E-state index in [4.69, 9.17) is 29.4 Å². The van der Waals surface area contributed by atoms with Crippen molar-refractivity contribution in [3.63, 3.8) is 0 Å². The quantitative estimate of drug-likeness (QED) is 0.0233. The summed E-state index contributed by atoms with van der Waals surface area (Å²) in [5, 5.41) is 8.92. The second-order valence-electron chi connectivity index (χ2n) is 16.2. The third kappa shape index (κ3) is 45.5. The normalized spacial score (nSPS) is 14.3. The number of phosphoric acid groups is 1. The molecule has 0 radical (unpaired) electrons. The van der Waals surface area contributed by atoms with Gasteiger partial charge in [-0.15, -0.1) is 0 Å². The van der Waals surface area contributed by atoms with E-state index >= 15 is 0 Å².